The molecule has 0 fully saturated rings. The van der Waals surface area contributed by atoms with Crippen LogP contribution in [-0.4, -0.2) is 51.3 Å². The van der Waals surface area contributed by atoms with Gasteiger partial charge in [-0.05, 0) is 62.5 Å². The molecule has 0 spiro atoms. The normalized spacial score (nSPS) is 18.3. The Morgan fingerprint density at radius 2 is 1.61 bits per heavy atom. The van der Waals surface area contributed by atoms with Crippen LogP contribution in [0.15, 0.2) is 59.1 Å². The number of carbonyl (C=O) groups is 1. The fourth-order valence-electron chi connectivity index (χ4n) is 3.77. The van der Waals surface area contributed by atoms with E-state index in [1.807, 2.05) is 69.5 Å². The summed E-state index contributed by atoms with van der Waals surface area (Å²) < 4.78 is 0. The number of halogens is 1. The first-order valence-electron chi connectivity index (χ1n) is 10.1. The zero-order valence-corrected chi connectivity index (χ0v) is 19.8. The van der Waals surface area contributed by atoms with Gasteiger partial charge in [0.05, 0.1) is 16.7 Å². The van der Waals surface area contributed by atoms with Crippen molar-refractivity contribution in [2.75, 3.05) is 45.4 Å². The lowest BCUT2D eigenvalue weighted by molar-refractivity contribution is -0.122. The van der Waals surface area contributed by atoms with Gasteiger partial charge in [0.2, 0.25) is 5.91 Å². The Bertz CT molecular complexity index is 1010. The molecule has 1 N–H and O–H groups in total. The lowest BCUT2D eigenvalue weighted by atomic mass is 9.70. The molecule has 7 heteroatoms. The predicted octanol–water partition coefficient (Wildman–Crippen LogP) is 4.24. The van der Waals surface area contributed by atoms with E-state index in [0.29, 0.717) is 15.6 Å². The molecule has 31 heavy (non-hydrogen) atoms. The van der Waals surface area contributed by atoms with Gasteiger partial charge in [-0.1, -0.05) is 35.9 Å². The molecule has 1 heterocycles. The fraction of sp³-hybridized carbons (Fsp3) is 0.333. The Balaban J connectivity index is 2.11. The van der Waals surface area contributed by atoms with Crippen molar-refractivity contribution < 1.29 is 4.79 Å². The number of nitrogens with one attached hydrogen (secondary N) is 1. The van der Waals surface area contributed by atoms with E-state index < -0.39 is 5.41 Å². The van der Waals surface area contributed by atoms with Gasteiger partial charge in [-0.2, -0.15) is 5.26 Å². The number of rotatable bonds is 8. The van der Waals surface area contributed by atoms with Gasteiger partial charge >= 0.3 is 0 Å². The van der Waals surface area contributed by atoms with E-state index in [0.717, 1.165) is 35.5 Å². The van der Waals surface area contributed by atoms with Crippen LogP contribution in [-0.2, 0) is 10.2 Å². The molecule has 162 valence electrons. The summed E-state index contributed by atoms with van der Waals surface area (Å²) in [7, 11) is 8.00. The molecule has 2 aromatic carbocycles. The van der Waals surface area contributed by atoms with E-state index in [-0.39, 0.29) is 5.91 Å². The molecule has 0 aromatic heterocycles. The highest BCUT2D eigenvalue weighted by atomic mass is 35.5. The van der Waals surface area contributed by atoms with Crippen LogP contribution in [0, 0.1) is 11.3 Å². The quantitative estimate of drug-likeness (QED) is 0.604. The number of hydrogen-bond acceptors (Lipinski definition) is 5. The molecule has 0 saturated heterocycles. The number of hydrogen-bond donors (Lipinski definition) is 1. The van der Waals surface area contributed by atoms with Crippen molar-refractivity contribution in [1.29, 1.82) is 5.26 Å². The third-order valence-electron chi connectivity index (χ3n) is 5.37. The van der Waals surface area contributed by atoms with E-state index >= 15 is 0 Å². The first-order valence-corrected chi connectivity index (χ1v) is 11.4. The lowest BCUT2D eigenvalue weighted by Gasteiger charge is -2.29. The van der Waals surface area contributed by atoms with Crippen LogP contribution in [0.3, 0.4) is 0 Å². The highest BCUT2D eigenvalue weighted by molar-refractivity contribution is 8.03. The summed E-state index contributed by atoms with van der Waals surface area (Å²) in [6.45, 7) is 0.949. The van der Waals surface area contributed by atoms with Crippen molar-refractivity contribution in [3.05, 3.63) is 75.3 Å². The average Bonchev–Trinajstić information content (AvgIpc) is 3.03. The topological polar surface area (TPSA) is 59.4 Å². The molecule has 0 bridgehead atoms. The van der Waals surface area contributed by atoms with Crippen molar-refractivity contribution in [1.82, 2.24) is 10.2 Å². The highest BCUT2D eigenvalue weighted by Crippen LogP contribution is 2.46. The molecule has 3 rings (SSSR count). The van der Waals surface area contributed by atoms with E-state index in [2.05, 4.69) is 16.3 Å². The molecule has 1 amide bonds. The van der Waals surface area contributed by atoms with Crippen molar-refractivity contribution in [2.24, 2.45) is 0 Å². The monoisotopic (exact) mass is 454 g/mol. The number of thioether (sulfide) groups is 1. The van der Waals surface area contributed by atoms with E-state index in [4.69, 9.17) is 11.6 Å². The second kappa shape index (κ2) is 9.78. The zero-order chi connectivity index (χ0) is 22.6. The van der Waals surface area contributed by atoms with Gasteiger partial charge in [-0.25, -0.2) is 0 Å². The van der Waals surface area contributed by atoms with E-state index in [1.54, 1.807) is 12.1 Å². The minimum atomic E-state index is -1.20. The van der Waals surface area contributed by atoms with E-state index in [9.17, 15) is 10.1 Å². The second-order valence-electron chi connectivity index (χ2n) is 7.97. The Morgan fingerprint density at radius 3 is 2.13 bits per heavy atom. The molecule has 0 radical (unpaired) electrons. The van der Waals surface area contributed by atoms with Gasteiger partial charge in [-0.3, -0.25) is 4.79 Å². The summed E-state index contributed by atoms with van der Waals surface area (Å²) >= 11 is 7.65. The Morgan fingerprint density at radius 1 is 1.03 bits per heavy atom. The van der Waals surface area contributed by atoms with Crippen LogP contribution in [0.25, 0.3) is 0 Å². The second-order valence-corrected chi connectivity index (χ2v) is 9.52. The molecule has 0 aliphatic carbocycles. The average molecular weight is 455 g/mol. The smallest absolute Gasteiger partial charge is 0.245 e. The SMILES string of the molecule is CN(C)CCCSC1=C(C#N)C(c2ccc(Cl)cc2)(c2ccc(N(C)C)cc2)C(=O)N1. The number of benzene rings is 2. The number of carbonyl (C=O) groups excluding carboxylic acids is 1. The zero-order valence-electron chi connectivity index (χ0n) is 18.3. The summed E-state index contributed by atoms with van der Waals surface area (Å²) in [6.07, 6.45) is 0.960. The van der Waals surface area contributed by atoms with Crippen LogP contribution < -0.4 is 10.2 Å². The molecule has 1 aliphatic heterocycles. The molecule has 1 unspecified atom stereocenters. The molecule has 1 atom stereocenters. The van der Waals surface area contributed by atoms with Crippen LogP contribution >= 0.6 is 23.4 Å². The summed E-state index contributed by atoms with van der Waals surface area (Å²) in [4.78, 5) is 17.7. The third-order valence-corrected chi connectivity index (χ3v) is 6.71. The van der Waals surface area contributed by atoms with Gasteiger partial charge < -0.3 is 15.1 Å². The minimum absolute atomic E-state index is 0.209. The lowest BCUT2D eigenvalue weighted by Crippen LogP contribution is -2.39. The van der Waals surface area contributed by atoms with Gasteiger partial charge in [0.15, 0.2) is 0 Å². The molecule has 2 aromatic rings. The third kappa shape index (κ3) is 4.59. The maximum Gasteiger partial charge on any atom is 0.245 e. The van der Waals surface area contributed by atoms with Crippen molar-refractivity contribution in [2.45, 2.75) is 11.8 Å². The number of anilines is 1. The summed E-state index contributed by atoms with van der Waals surface area (Å²) in [5.74, 6) is 0.606. The molecular formula is C24H27ClN4OS. The van der Waals surface area contributed by atoms with Crippen LogP contribution in [0.4, 0.5) is 5.69 Å². The van der Waals surface area contributed by atoms with Crippen LogP contribution in [0.1, 0.15) is 17.5 Å². The largest absolute Gasteiger partial charge is 0.378 e. The van der Waals surface area contributed by atoms with Gasteiger partial charge in [-0.15, -0.1) is 11.8 Å². The van der Waals surface area contributed by atoms with Gasteiger partial charge in [0.1, 0.15) is 5.41 Å². The van der Waals surface area contributed by atoms with Gasteiger partial charge in [0.25, 0.3) is 0 Å². The van der Waals surface area contributed by atoms with Crippen LogP contribution in [0.2, 0.25) is 5.02 Å². The highest BCUT2D eigenvalue weighted by Gasteiger charge is 2.52. The maximum absolute atomic E-state index is 13.6. The Kier molecular flexibility index (Phi) is 7.32. The Labute approximate surface area is 193 Å². The number of nitrogens with zero attached hydrogens (tertiary/aromatic N) is 3. The number of nitriles is 1. The Hall–Kier alpha value is -2.46. The standard InChI is InChI=1S/C24H27ClN4OS/c1-28(2)14-5-15-31-22-21(16-26)24(23(30)27-22,17-6-10-19(25)11-7-17)18-8-12-20(13-9-18)29(3)4/h6-13H,5,14-15H2,1-4H3,(H,27,30). The molecule has 1 aliphatic rings. The first kappa shape index (κ1) is 23.2. The molecule has 0 saturated carbocycles. The van der Waals surface area contributed by atoms with Crippen molar-refractivity contribution >= 4 is 35.0 Å². The van der Waals surface area contributed by atoms with Gasteiger partial charge in [0, 0.05) is 30.6 Å². The minimum Gasteiger partial charge on any atom is -0.378 e. The maximum atomic E-state index is 13.6. The fourth-order valence-corrected chi connectivity index (χ4v) is 4.88. The predicted molar refractivity (Wildman–Crippen MR) is 129 cm³/mol. The molecular weight excluding hydrogens is 428 g/mol. The summed E-state index contributed by atoms with van der Waals surface area (Å²) in [5, 5.41) is 14.4. The van der Waals surface area contributed by atoms with Crippen molar-refractivity contribution in [3.8, 4) is 6.07 Å². The first-order chi connectivity index (χ1) is 14.8. The summed E-state index contributed by atoms with van der Waals surface area (Å²) in [5.41, 5.74) is 1.75. The molecule has 5 nitrogen and oxygen atoms in total. The van der Waals surface area contributed by atoms with E-state index in [1.165, 1.54) is 11.8 Å². The summed E-state index contributed by atoms with van der Waals surface area (Å²) in [6, 6.07) is 17.3. The van der Waals surface area contributed by atoms with Crippen LogP contribution in [0.5, 0.6) is 0 Å². The van der Waals surface area contributed by atoms with Crippen molar-refractivity contribution in [3.63, 3.8) is 0 Å². The number of amides is 1.